The number of rotatable bonds is 5. The van der Waals surface area contributed by atoms with Crippen molar-refractivity contribution in [2.75, 3.05) is 18.5 Å². The Balaban J connectivity index is 1.58. The lowest BCUT2D eigenvalue weighted by molar-refractivity contribution is -0.120. The van der Waals surface area contributed by atoms with Crippen LogP contribution in [-0.4, -0.2) is 34.7 Å². The molecule has 8 heteroatoms. The molecule has 0 atom stereocenters. The molecule has 0 aliphatic carbocycles. The average Bonchev–Trinajstić information content (AvgIpc) is 3.11. The fourth-order valence-electron chi connectivity index (χ4n) is 1.95. The third-order valence-corrected chi connectivity index (χ3v) is 4.15. The van der Waals surface area contributed by atoms with Crippen molar-refractivity contribution >= 4 is 32.6 Å². The second-order valence-electron chi connectivity index (χ2n) is 4.81. The highest BCUT2D eigenvalue weighted by atomic mass is 32.1. The molecule has 1 amide bonds. The number of anilines is 1. The summed E-state index contributed by atoms with van der Waals surface area (Å²) in [5, 5.41) is 11.1. The molecule has 0 aliphatic heterocycles. The summed E-state index contributed by atoms with van der Waals surface area (Å²) in [5.41, 5.74) is 0.941. The second kappa shape index (κ2) is 6.10. The van der Waals surface area contributed by atoms with E-state index in [-0.39, 0.29) is 19.0 Å². The fraction of sp³-hybridized carbons (Fsp3) is 0.286. The lowest BCUT2D eigenvalue weighted by Crippen LogP contribution is -2.34. The van der Waals surface area contributed by atoms with E-state index in [0.29, 0.717) is 11.8 Å². The zero-order chi connectivity index (χ0) is 15.5. The number of fused-ring (bicyclic) bond motifs is 1. The summed E-state index contributed by atoms with van der Waals surface area (Å²) in [6.07, 6.45) is 0. The molecule has 0 fully saturated rings. The Morgan fingerprint density at radius 2 is 2.18 bits per heavy atom. The smallest absolute Gasteiger partial charge is 0.240 e. The van der Waals surface area contributed by atoms with Crippen LogP contribution in [0.15, 0.2) is 28.7 Å². The highest BCUT2D eigenvalue weighted by Crippen LogP contribution is 2.27. The third kappa shape index (κ3) is 3.22. The number of aromatic nitrogens is 3. The number of amides is 1. The maximum atomic E-state index is 12.0. The van der Waals surface area contributed by atoms with E-state index in [1.165, 1.54) is 0 Å². The lowest BCUT2D eigenvalue weighted by atomic mass is 10.3. The van der Waals surface area contributed by atoms with Crippen molar-refractivity contribution in [2.45, 2.75) is 13.5 Å². The SMILES string of the molecule is Cc1nnc(CNC(=O)CN(C)c2nc3ccccc3s2)o1. The number of carbonyl (C=O) groups excluding carboxylic acids is 1. The Bertz CT molecular complexity index is 764. The number of nitrogens with zero attached hydrogens (tertiary/aromatic N) is 4. The first-order chi connectivity index (χ1) is 10.6. The van der Waals surface area contributed by atoms with Crippen LogP contribution >= 0.6 is 11.3 Å². The van der Waals surface area contributed by atoms with Gasteiger partial charge in [0.15, 0.2) is 5.13 Å². The molecule has 7 nitrogen and oxygen atoms in total. The van der Waals surface area contributed by atoms with Crippen LogP contribution < -0.4 is 10.2 Å². The first-order valence-electron chi connectivity index (χ1n) is 6.74. The van der Waals surface area contributed by atoms with Gasteiger partial charge in [-0.2, -0.15) is 0 Å². The van der Waals surface area contributed by atoms with Gasteiger partial charge in [-0.1, -0.05) is 23.5 Å². The molecule has 22 heavy (non-hydrogen) atoms. The van der Waals surface area contributed by atoms with E-state index in [4.69, 9.17) is 4.42 Å². The topological polar surface area (TPSA) is 84.2 Å². The molecule has 3 aromatic rings. The van der Waals surface area contributed by atoms with E-state index in [1.807, 2.05) is 36.2 Å². The van der Waals surface area contributed by atoms with E-state index in [2.05, 4.69) is 20.5 Å². The number of likely N-dealkylation sites (N-methyl/N-ethyl adjacent to an activating group) is 1. The van der Waals surface area contributed by atoms with Gasteiger partial charge in [0.2, 0.25) is 17.7 Å². The summed E-state index contributed by atoms with van der Waals surface area (Å²) in [7, 11) is 1.84. The van der Waals surface area contributed by atoms with E-state index >= 15 is 0 Å². The summed E-state index contributed by atoms with van der Waals surface area (Å²) in [5.74, 6) is 0.752. The normalized spacial score (nSPS) is 10.8. The van der Waals surface area contributed by atoms with Gasteiger partial charge in [-0.15, -0.1) is 10.2 Å². The second-order valence-corrected chi connectivity index (χ2v) is 5.82. The number of hydrogen-bond acceptors (Lipinski definition) is 7. The third-order valence-electron chi connectivity index (χ3n) is 2.99. The van der Waals surface area contributed by atoms with Gasteiger partial charge in [-0.05, 0) is 12.1 Å². The van der Waals surface area contributed by atoms with Gasteiger partial charge in [-0.25, -0.2) is 4.98 Å². The summed E-state index contributed by atoms with van der Waals surface area (Å²) in [4.78, 5) is 18.3. The van der Waals surface area contributed by atoms with Crippen LogP contribution in [0.5, 0.6) is 0 Å². The number of nitrogens with one attached hydrogen (secondary N) is 1. The lowest BCUT2D eigenvalue weighted by Gasteiger charge is -2.14. The molecule has 3 rings (SSSR count). The fourth-order valence-corrected chi connectivity index (χ4v) is 2.87. The van der Waals surface area contributed by atoms with Crippen LogP contribution in [0.25, 0.3) is 10.2 Å². The van der Waals surface area contributed by atoms with E-state index in [1.54, 1.807) is 18.3 Å². The Morgan fingerprint density at radius 1 is 1.36 bits per heavy atom. The molecule has 1 N–H and O–H groups in total. The average molecular weight is 317 g/mol. The van der Waals surface area contributed by atoms with Gasteiger partial charge < -0.3 is 14.6 Å². The van der Waals surface area contributed by atoms with E-state index < -0.39 is 0 Å². The number of thiazole rings is 1. The molecule has 2 aromatic heterocycles. The van der Waals surface area contributed by atoms with Crippen molar-refractivity contribution in [3.05, 3.63) is 36.0 Å². The predicted molar refractivity (Wildman–Crippen MR) is 83.8 cm³/mol. The van der Waals surface area contributed by atoms with Gasteiger partial charge in [0, 0.05) is 14.0 Å². The Labute approximate surface area is 131 Å². The molecule has 0 saturated heterocycles. The number of benzene rings is 1. The molecule has 0 spiro atoms. The monoisotopic (exact) mass is 317 g/mol. The van der Waals surface area contributed by atoms with Crippen molar-refractivity contribution in [1.82, 2.24) is 20.5 Å². The number of hydrogen-bond donors (Lipinski definition) is 1. The maximum Gasteiger partial charge on any atom is 0.240 e. The molecule has 0 saturated carbocycles. The van der Waals surface area contributed by atoms with Crippen molar-refractivity contribution in [3.63, 3.8) is 0 Å². The summed E-state index contributed by atoms with van der Waals surface area (Å²) in [6, 6.07) is 7.90. The Hall–Kier alpha value is -2.48. The predicted octanol–water partition coefficient (Wildman–Crippen LogP) is 1.74. The van der Waals surface area contributed by atoms with Gasteiger partial charge in [0.05, 0.1) is 23.3 Å². The first-order valence-corrected chi connectivity index (χ1v) is 7.56. The highest BCUT2D eigenvalue weighted by molar-refractivity contribution is 7.22. The van der Waals surface area contributed by atoms with Crippen molar-refractivity contribution in [1.29, 1.82) is 0 Å². The highest BCUT2D eigenvalue weighted by Gasteiger charge is 2.12. The van der Waals surface area contributed by atoms with Crippen LogP contribution in [0.4, 0.5) is 5.13 Å². The largest absolute Gasteiger partial charge is 0.424 e. The Kier molecular flexibility index (Phi) is 4.01. The van der Waals surface area contributed by atoms with Crippen LogP contribution in [0, 0.1) is 6.92 Å². The Morgan fingerprint density at radius 3 is 2.91 bits per heavy atom. The van der Waals surface area contributed by atoms with Crippen molar-refractivity contribution in [3.8, 4) is 0 Å². The minimum absolute atomic E-state index is 0.127. The standard InChI is InChI=1S/C14H15N5O2S/c1-9-17-18-13(21-9)7-15-12(20)8-19(2)14-16-10-5-3-4-6-11(10)22-14/h3-6H,7-8H2,1-2H3,(H,15,20). The number of aryl methyl sites for hydroxylation is 1. The molecular formula is C14H15N5O2S. The zero-order valence-electron chi connectivity index (χ0n) is 12.2. The van der Waals surface area contributed by atoms with Gasteiger partial charge in [-0.3, -0.25) is 4.79 Å². The minimum Gasteiger partial charge on any atom is -0.424 e. The van der Waals surface area contributed by atoms with Gasteiger partial charge in [0.1, 0.15) is 0 Å². The van der Waals surface area contributed by atoms with Crippen molar-refractivity contribution in [2.24, 2.45) is 0 Å². The van der Waals surface area contributed by atoms with E-state index in [0.717, 1.165) is 15.3 Å². The molecule has 0 radical (unpaired) electrons. The van der Waals surface area contributed by atoms with Crippen molar-refractivity contribution < 1.29 is 9.21 Å². The zero-order valence-corrected chi connectivity index (χ0v) is 13.1. The molecule has 1 aromatic carbocycles. The van der Waals surface area contributed by atoms with Crippen LogP contribution in [-0.2, 0) is 11.3 Å². The minimum atomic E-state index is -0.127. The summed E-state index contributed by atoms with van der Waals surface area (Å²) in [6.45, 7) is 2.15. The summed E-state index contributed by atoms with van der Waals surface area (Å²) < 4.78 is 6.31. The molecule has 0 aliphatic rings. The molecular weight excluding hydrogens is 302 g/mol. The summed E-state index contributed by atoms with van der Waals surface area (Å²) >= 11 is 1.56. The van der Waals surface area contributed by atoms with Crippen LogP contribution in [0.2, 0.25) is 0 Å². The van der Waals surface area contributed by atoms with Gasteiger partial charge >= 0.3 is 0 Å². The van der Waals surface area contributed by atoms with Crippen LogP contribution in [0.1, 0.15) is 11.8 Å². The van der Waals surface area contributed by atoms with E-state index in [9.17, 15) is 4.79 Å². The molecule has 0 unspecified atom stereocenters. The maximum absolute atomic E-state index is 12.0. The first kappa shape index (κ1) is 14.5. The quantitative estimate of drug-likeness (QED) is 0.771. The number of para-hydroxylation sites is 1. The molecule has 114 valence electrons. The molecule has 2 heterocycles. The van der Waals surface area contributed by atoms with Gasteiger partial charge in [0.25, 0.3) is 0 Å². The van der Waals surface area contributed by atoms with Crippen LogP contribution in [0.3, 0.4) is 0 Å². The molecule has 0 bridgehead atoms. The number of carbonyl (C=O) groups is 1.